The summed E-state index contributed by atoms with van der Waals surface area (Å²) < 4.78 is 0. The summed E-state index contributed by atoms with van der Waals surface area (Å²) in [6.07, 6.45) is 5.28. The zero-order valence-corrected chi connectivity index (χ0v) is 12.4. The number of aromatic amines is 1. The van der Waals surface area contributed by atoms with Crippen LogP contribution in [0.5, 0.6) is 0 Å². The molecule has 1 aromatic heterocycles. The molecule has 0 bridgehead atoms. The maximum atomic E-state index is 12.2. The number of aromatic nitrogens is 2. The molecule has 0 saturated heterocycles. The van der Waals surface area contributed by atoms with E-state index < -0.39 is 0 Å². The van der Waals surface area contributed by atoms with Gasteiger partial charge in [0.1, 0.15) is 5.82 Å². The number of rotatable bonds is 5. The Balaban J connectivity index is 1.64. The van der Waals surface area contributed by atoms with Crippen molar-refractivity contribution < 1.29 is 0 Å². The molecule has 0 unspecified atom stereocenters. The normalized spacial score (nSPS) is 20.1. The van der Waals surface area contributed by atoms with Gasteiger partial charge in [-0.1, -0.05) is 12.1 Å². The second kappa shape index (κ2) is 4.95. The van der Waals surface area contributed by atoms with Crippen LogP contribution < -0.4 is 5.56 Å². The Morgan fingerprint density at radius 3 is 2.76 bits per heavy atom. The predicted octanol–water partition coefficient (Wildman–Crippen LogP) is 2.69. The highest BCUT2D eigenvalue weighted by Gasteiger charge is 2.39. The van der Waals surface area contributed by atoms with Gasteiger partial charge in [-0.25, -0.2) is 4.98 Å². The lowest BCUT2D eigenvalue weighted by atomic mass is 10.1. The molecule has 2 aromatic rings. The molecule has 2 saturated carbocycles. The number of para-hydroxylation sites is 1. The van der Waals surface area contributed by atoms with Crippen molar-refractivity contribution in [2.75, 3.05) is 0 Å². The second-order valence-corrected chi connectivity index (χ2v) is 6.51. The summed E-state index contributed by atoms with van der Waals surface area (Å²) in [6, 6.07) is 8.86. The zero-order chi connectivity index (χ0) is 14.4. The van der Waals surface area contributed by atoms with Crippen LogP contribution in [0.25, 0.3) is 10.9 Å². The fourth-order valence-corrected chi connectivity index (χ4v) is 3.24. The van der Waals surface area contributed by atoms with Crippen molar-refractivity contribution in [1.29, 1.82) is 0 Å². The minimum Gasteiger partial charge on any atom is -0.309 e. The number of nitrogens with one attached hydrogen (secondary N) is 1. The van der Waals surface area contributed by atoms with E-state index in [0.29, 0.717) is 17.5 Å². The third-order valence-electron chi connectivity index (χ3n) is 4.84. The molecule has 2 aliphatic rings. The average molecular weight is 283 g/mol. The maximum Gasteiger partial charge on any atom is 0.258 e. The molecule has 1 N–H and O–H groups in total. The fraction of sp³-hybridized carbons (Fsp3) is 0.529. The van der Waals surface area contributed by atoms with E-state index in [-0.39, 0.29) is 5.56 Å². The van der Waals surface area contributed by atoms with E-state index in [4.69, 9.17) is 0 Å². The summed E-state index contributed by atoms with van der Waals surface area (Å²) in [4.78, 5) is 22.3. The topological polar surface area (TPSA) is 49.0 Å². The maximum absolute atomic E-state index is 12.2. The van der Waals surface area contributed by atoms with Crippen LogP contribution in [-0.2, 0) is 6.54 Å². The van der Waals surface area contributed by atoms with E-state index in [1.54, 1.807) is 0 Å². The van der Waals surface area contributed by atoms with Crippen LogP contribution >= 0.6 is 0 Å². The van der Waals surface area contributed by atoms with Crippen LogP contribution in [-0.4, -0.2) is 27.0 Å². The Labute approximate surface area is 124 Å². The third kappa shape index (κ3) is 2.60. The zero-order valence-electron chi connectivity index (χ0n) is 12.4. The van der Waals surface area contributed by atoms with Gasteiger partial charge in [-0.15, -0.1) is 0 Å². The minimum atomic E-state index is -0.0228. The van der Waals surface area contributed by atoms with E-state index in [9.17, 15) is 4.79 Å². The number of nitrogens with zero attached hydrogens (tertiary/aromatic N) is 2. The lowest BCUT2D eigenvalue weighted by Crippen LogP contribution is -2.37. The highest BCUT2D eigenvalue weighted by Crippen LogP contribution is 2.40. The highest BCUT2D eigenvalue weighted by molar-refractivity contribution is 5.77. The first-order chi connectivity index (χ1) is 10.2. The highest BCUT2D eigenvalue weighted by atomic mass is 16.1. The predicted molar refractivity (Wildman–Crippen MR) is 83.1 cm³/mol. The number of H-pyrrole nitrogens is 1. The van der Waals surface area contributed by atoms with Gasteiger partial charge in [-0.05, 0) is 50.7 Å². The molecule has 2 aliphatic carbocycles. The van der Waals surface area contributed by atoms with Crippen LogP contribution in [0, 0.1) is 5.92 Å². The van der Waals surface area contributed by atoms with Crippen molar-refractivity contribution in [3.63, 3.8) is 0 Å². The number of benzene rings is 1. The van der Waals surface area contributed by atoms with Crippen LogP contribution in [0.1, 0.15) is 38.4 Å². The van der Waals surface area contributed by atoms with Crippen molar-refractivity contribution >= 4 is 10.9 Å². The molecule has 1 aromatic carbocycles. The van der Waals surface area contributed by atoms with Gasteiger partial charge >= 0.3 is 0 Å². The second-order valence-electron chi connectivity index (χ2n) is 6.51. The van der Waals surface area contributed by atoms with Gasteiger partial charge in [-0.2, -0.15) is 0 Å². The minimum absolute atomic E-state index is 0.0228. The molecule has 0 radical (unpaired) electrons. The Morgan fingerprint density at radius 1 is 1.29 bits per heavy atom. The van der Waals surface area contributed by atoms with Crippen molar-refractivity contribution in [2.45, 2.75) is 51.2 Å². The van der Waals surface area contributed by atoms with Gasteiger partial charge < -0.3 is 4.98 Å². The summed E-state index contributed by atoms with van der Waals surface area (Å²) in [6.45, 7) is 3.09. The molecule has 1 heterocycles. The average Bonchev–Trinajstić information content (AvgIpc) is 3.37. The van der Waals surface area contributed by atoms with Crippen LogP contribution in [0.4, 0.5) is 0 Å². The molecule has 4 rings (SSSR count). The number of hydrogen-bond acceptors (Lipinski definition) is 3. The molecule has 0 spiro atoms. The first-order valence-electron chi connectivity index (χ1n) is 7.96. The SMILES string of the molecule is C[C@H](C1CC1)N(Cc1nc2ccccc2c(=O)[nH]1)C1CC1. The Morgan fingerprint density at radius 2 is 2.05 bits per heavy atom. The molecule has 1 atom stereocenters. The van der Waals surface area contributed by atoms with E-state index in [1.165, 1.54) is 25.7 Å². The lowest BCUT2D eigenvalue weighted by Gasteiger charge is -2.28. The lowest BCUT2D eigenvalue weighted by molar-refractivity contribution is 0.166. The Hall–Kier alpha value is -1.68. The number of hydrogen-bond donors (Lipinski definition) is 1. The van der Waals surface area contributed by atoms with Crippen molar-refractivity contribution in [1.82, 2.24) is 14.9 Å². The van der Waals surface area contributed by atoms with Crippen LogP contribution in [0.2, 0.25) is 0 Å². The molecule has 4 nitrogen and oxygen atoms in total. The molecule has 0 amide bonds. The van der Waals surface area contributed by atoms with E-state index in [0.717, 1.165) is 23.8 Å². The first-order valence-corrected chi connectivity index (χ1v) is 7.96. The van der Waals surface area contributed by atoms with Crippen molar-refractivity contribution in [2.24, 2.45) is 5.92 Å². The fourth-order valence-electron chi connectivity index (χ4n) is 3.24. The van der Waals surface area contributed by atoms with Gasteiger partial charge in [-0.3, -0.25) is 9.69 Å². The summed E-state index contributed by atoms with van der Waals surface area (Å²) in [5, 5.41) is 0.675. The first kappa shape index (κ1) is 13.0. The van der Waals surface area contributed by atoms with Gasteiger partial charge in [0.25, 0.3) is 5.56 Å². The molecular weight excluding hydrogens is 262 g/mol. The van der Waals surface area contributed by atoms with E-state index >= 15 is 0 Å². The van der Waals surface area contributed by atoms with Crippen LogP contribution in [0.3, 0.4) is 0 Å². The van der Waals surface area contributed by atoms with Gasteiger partial charge in [0, 0.05) is 12.1 Å². The van der Waals surface area contributed by atoms with Gasteiger partial charge in [0.05, 0.1) is 17.4 Å². The molecule has 4 heteroatoms. The standard InChI is InChI=1S/C17H21N3O/c1-11(12-6-7-12)20(13-8-9-13)10-16-18-15-5-3-2-4-14(15)17(21)19-16/h2-5,11-13H,6-10H2,1H3,(H,18,19,21)/t11-/m1/s1. The summed E-state index contributed by atoms with van der Waals surface area (Å²) in [5.41, 5.74) is 0.775. The van der Waals surface area contributed by atoms with E-state index in [2.05, 4.69) is 21.8 Å². The molecule has 110 valence electrons. The van der Waals surface area contributed by atoms with E-state index in [1.807, 2.05) is 24.3 Å². The van der Waals surface area contributed by atoms with Gasteiger partial charge in [0.2, 0.25) is 0 Å². The third-order valence-corrected chi connectivity index (χ3v) is 4.84. The quantitative estimate of drug-likeness (QED) is 0.918. The summed E-state index contributed by atoms with van der Waals surface area (Å²) in [5.74, 6) is 1.65. The Bertz CT molecular complexity index is 715. The van der Waals surface area contributed by atoms with Gasteiger partial charge in [0.15, 0.2) is 0 Å². The van der Waals surface area contributed by atoms with Crippen LogP contribution in [0.15, 0.2) is 29.1 Å². The monoisotopic (exact) mass is 283 g/mol. The van der Waals surface area contributed by atoms with Crippen molar-refractivity contribution in [3.8, 4) is 0 Å². The van der Waals surface area contributed by atoms with Crippen molar-refractivity contribution in [3.05, 3.63) is 40.4 Å². The smallest absolute Gasteiger partial charge is 0.258 e. The molecule has 0 aliphatic heterocycles. The Kier molecular flexibility index (Phi) is 3.07. The summed E-state index contributed by atoms with van der Waals surface area (Å²) in [7, 11) is 0. The molecule has 2 fully saturated rings. The summed E-state index contributed by atoms with van der Waals surface area (Å²) >= 11 is 0. The molecule has 21 heavy (non-hydrogen) atoms. The largest absolute Gasteiger partial charge is 0.309 e. The number of fused-ring (bicyclic) bond motifs is 1. The molecular formula is C17H21N3O.